The maximum Gasteiger partial charge on any atom is 0.310 e. The van der Waals surface area contributed by atoms with Crippen molar-refractivity contribution >= 4 is 41.8 Å². The highest BCUT2D eigenvalue weighted by atomic mass is 127. The van der Waals surface area contributed by atoms with E-state index in [0.29, 0.717) is 19.6 Å². The lowest BCUT2D eigenvalue weighted by molar-refractivity contribution is -0.146. The Morgan fingerprint density at radius 3 is 2.50 bits per heavy atom. The van der Waals surface area contributed by atoms with Gasteiger partial charge in [0.2, 0.25) is 5.91 Å². The average molecular weight is 454 g/mol. The molecule has 1 saturated heterocycles. The first-order valence-corrected chi connectivity index (χ1v) is 8.29. The molecule has 1 fully saturated rings. The zero-order valence-electron chi connectivity index (χ0n) is 15.3. The van der Waals surface area contributed by atoms with Crippen LogP contribution in [0.1, 0.15) is 27.7 Å². The summed E-state index contributed by atoms with van der Waals surface area (Å²) in [6.07, 6.45) is 0. The molecule has 2 atom stereocenters. The standard InChI is InChI=1S/C16H30N4O3.HI/c1-6-17-16(19-8-7-18-14(21)11(2)3)20-9-12(4)13(10-20)15(22)23-5;/h11-13H,6-10H2,1-5H3,(H,17,19)(H,18,21);1H. The smallest absolute Gasteiger partial charge is 0.310 e. The van der Waals surface area contributed by atoms with E-state index in [2.05, 4.69) is 20.5 Å². The molecule has 7 nitrogen and oxygen atoms in total. The predicted molar refractivity (Wildman–Crippen MR) is 105 cm³/mol. The van der Waals surface area contributed by atoms with Gasteiger partial charge in [-0.15, -0.1) is 24.0 Å². The van der Waals surface area contributed by atoms with Crippen molar-refractivity contribution in [2.45, 2.75) is 27.7 Å². The molecule has 140 valence electrons. The van der Waals surface area contributed by atoms with Gasteiger partial charge in [0.15, 0.2) is 5.96 Å². The number of esters is 1. The molecule has 0 bridgehead atoms. The molecule has 0 spiro atoms. The summed E-state index contributed by atoms with van der Waals surface area (Å²) in [5, 5.41) is 6.09. The van der Waals surface area contributed by atoms with E-state index in [-0.39, 0.29) is 53.6 Å². The SMILES string of the molecule is CCNC(=NCCNC(=O)C(C)C)N1CC(C)C(C(=O)OC)C1.I. The molecule has 0 aromatic rings. The Morgan fingerprint density at radius 1 is 1.29 bits per heavy atom. The van der Waals surface area contributed by atoms with E-state index in [0.717, 1.165) is 19.0 Å². The van der Waals surface area contributed by atoms with Gasteiger partial charge in [-0.2, -0.15) is 0 Å². The van der Waals surface area contributed by atoms with E-state index in [9.17, 15) is 9.59 Å². The van der Waals surface area contributed by atoms with Gasteiger partial charge in [-0.3, -0.25) is 14.6 Å². The largest absolute Gasteiger partial charge is 0.469 e. The Morgan fingerprint density at radius 2 is 1.96 bits per heavy atom. The molecule has 0 aromatic heterocycles. The van der Waals surface area contributed by atoms with Gasteiger partial charge >= 0.3 is 5.97 Å². The molecule has 2 N–H and O–H groups in total. The molecule has 2 unspecified atom stereocenters. The van der Waals surface area contributed by atoms with Crippen molar-refractivity contribution in [3.05, 3.63) is 0 Å². The molecular weight excluding hydrogens is 423 g/mol. The molecule has 1 aliphatic rings. The highest BCUT2D eigenvalue weighted by molar-refractivity contribution is 14.0. The molecule has 0 aliphatic carbocycles. The van der Waals surface area contributed by atoms with Gasteiger partial charge in [-0.05, 0) is 12.8 Å². The zero-order chi connectivity index (χ0) is 17.4. The number of hydrogen-bond donors (Lipinski definition) is 2. The van der Waals surface area contributed by atoms with Gasteiger partial charge in [0, 0.05) is 32.1 Å². The highest BCUT2D eigenvalue weighted by Crippen LogP contribution is 2.24. The third-order valence-corrected chi connectivity index (χ3v) is 3.95. The van der Waals surface area contributed by atoms with Crippen LogP contribution in [0, 0.1) is 17.8 Å². The first kappa shape index (κ1) is 22.9. The Labute approximate surface area is 162 Å². The van der Waals surface area contributed by atoms with E-state index in [4.69, 9.17) is 4.74 Å². The fourth-order valence-electron chi connectivity index (χ4n) is 2.57. The van der Waals surface area contributed by atoms with Gasteiger partial charge in [0.25, 0.3) is 0 Å². The van der Waals surface area contributed by atoms with Crippen LogP contribution in [0.3, 0.4) is 0 Å². The summed E-state index contributed by atoms with van der Waals surface area (Å²) in [4.78, 5) is 29.9. The molecule has 8 heteroatoms. The van der Waals surface area contributed by atoms with Crippen molar-refractivity contribution in [3.63, 3.8) is 0 Å². The summed E-state index contributed by atoms with van der Waals surface area (Å²) in [6.45, 7) is 10.9. The van der Waals surface area contributed by atoms with E-state index < -0.39 is 0 Å². The number of amides is 1. The van der Waals surface area contributed by atoms with Crippen LogP contribution in [0.15, 0.2) is 4.99 Å². The number of likely N-dealkylation sites (tertiary alicyclic amines) is 1. The zero-order valence-corrected chi connectivity index (χ0v) is 17.6. The fraction of sp³-hybridized carbons (Fsp3) is 0.812. The number of carbonyl (C=O) groups excluding carboxylic acids is 2. The second kappa shape index (κ2) is 11.5. The highest BCUT2D eigenvalue weighted by Gasteiger charge is 2.36. The van der Waals surface area contributed by atoms with Crippen LogP contribution in [0.5, 0.6) is 0 Å². The number of guanidine groups is 1. The first-order valence-electron chi connectivity index (χ1n) is 8.29. The number of hydrogen-bond acceptors (Lipinski definition) is 4. The normalized spacial score (nSPS) is 20.6. The quantitative estimate of drug-likeness (QED) is 0.206. The van der Waals surface area contributed by atoms with Crippen LogP contribution in [0.25, 0.3) is 0 Å². The fourth-order valence-corrected chi connectivity index (χ4v) is 2.57. The molecule has 1 heterocycles. The van der Waals surface area contributed by atoms with E-state index in [1.807, 2.05) is 27.7 Å². The first-order chi connectivity index (χ1) is 10.9. The molecule has 1 aliphatic heterocycles. The molecule has 1 amide bonds. The van der Waals surface area contributed by atoms with Crippen LogP contribution < -0.4 is 10.6 Å². The summed E-state index contributed by atoms with van der Waals surface area (Å²) in [5.41, 5.74) is 0. The lowest BCUT2D eigenvalue weighted by Gasteiger charge is -2.21. The maximum absolute atomic E-state index is 11.8. The van der Waals surface area contributed by atoms with Crippen molar-refractivity contribution < 1.29 is 14.3 Å². The van der Waals surface area contributed by atoms with Crippen molar-refractivity contribution in [2.24, 2.45) is 22.7 Å². The van der Waals surface area contributed by atoms with Gasteiger partial charge in [0.1, 0.15) is 0 Å². The molecule has 1 rings (SSSR count). The number of aliphatic imine (C=N–C) groups is 1. The summed E-state index contributed by atoms with van der Waals surface area (Å²) in [6, 6.07) is 0. The summed E-state index contributed by atoms with van der Waals surface area (Å²) in [7, 11) is 1.43. The van der Waals surface area contributed by atoms with Crippen molar-refractivity contribution in [1.29, 1.82) is 0 Å². The number of ether oxygens (including phenoxy) is 1. The van der Waals surface area contributed by atoms with Crippen LogP contribution >= 0.6 is 24.0 Å². The third kappa shape index (κ3) is 6.82. The maximum atomic E-state index is 11.8. The second-order valence-electron chi connectivity index (χ2n) is 6.19. The van der Waals surface area contributed by atoms with Gasteiger partial charge in [0.05, 0.1) is 19.6 Å². The number of halogens is 1. The summed E-state index contributed by atoms with van der Waals surface area (Å²) in [5.74, 6) is 0.735. The summed E-state index contributed by atoms with van der Waals surface area (Å²) >= 11 is 0. The number of carbonyl (C=O) groups is 2. The minimum Gasteiger partial charge on any atom is -0.469 e. The van der Waals surface area contributed by atoms with E-state index in [1.54, 1.807) is 0 Å². The third-order valence-electron chi connectivity index (χ3n) is 3.95. The Balaban J connectivity index is 0.00000529. The van der Waals surface area contributed by atoms with Crippen molar-refractivity contribution in [3.8, 4) is 0 Å². The lowest BCUT2D eigenvalue weighted by atomic mass is 9.99. The minimum atomic E-state index is -0.167. The van der Waals surface area contributed by atoms with Crippen LogP contribution in [0.4, 0.5) is 0 Å². The number of methoxy groups -OCH3 is 1. The van der Waals surface area contributed by atoms with E-state index >= 15 is 0 Å². The second-order valence-corrected chi connectivity index (χ2v) is 6.19. The van der Waals surface area contributed by atoms with Gasteiger partial charge in [-0.1, -0.05) is 20.8 Å². The molecule has 0 aromatic carbocycles. The van der Waals surface area contributed by atoms with Crippen molar-refractivity contribution in [2.75, 3.05) is 39.8 Å². The molecule has 0 saturated carbocycles. The Hall–Kier alpha value is -1.06. The Kier molecular flexibility index (Phi) is 11.0. The monoisotopic (exact) mass is 454 g/mol. The minimum absolute atomic E-state index is 0. The predicted octanol–water partition coefficient (Wildman–Crippen LogP) is 1.08. The Bertz CT molecular complexity index is 443. The van der Waals surface area contributed by atoms with Gasteiger partial charge in [-0.25, -0.2) is 0 Å². The molecular formula is C16H31IN4O3. The van der Waals surface area contributed by atoms with E-state index in [1.165, 1.54) is 7.11 Å². The molecule has 0 radical (unpaired) electrons. The lowest BCUT2D eigenvalue weighted by Crippen LogP contribution is -2.41. The topological polar surface area (TPSA) is 83.0 Å². The molecule has 24 heavy (non-hydrogen) atoms. The number of rotatable bonds is 6. The van der Waals surface area contributed by atoms with Crippen LogP contribution in [-0.4, -0.2) is 62.6 Å². The van der Waals surface area contributed by atoms with Crippen molar-refractivity contribution in [1.82, 2.24) is 15.5 Å². The average Bonchev–Trinajstić information content (AvgIpc) is 2.90. The van der Waals surface area contributed by atoms with Crippen LogP contribution in [-0.2, 0) is 14.3 Å². The van der Waals surface area contributed by atoms with Crippen LogP contribution in [0.2, 0.25) is 0 Å². The van der Waals surface area contributed by atoms with Gasteiger partial charge < -0.3 is 20.3 Å². The number of nitrogens with one attached hydrogen (secondary N) is 2. The number of nitrogens with zero attached hydrogens (tertiary/aromatic N) is 2. The summed E-state index contributed by atoms with van der Waals surface area (Å²) < 4.78 is 4.87.